The van der Waals surface area contributed by atoms with Gasteiger partial charge in [-0.2, -0.15) is 0 Å². The molecule has 0 aromatic carbocycles. The van der Waals surface area contributed by atoms with Crippen LogP contribution in [0.4, 0.5) is 0 Å². The molecule has 0 unspecified atom stereocenters. The first-order valence-corrected chi connectivity index (χ1v) is 27.4. The Labute approximate surface area is 480 Å². The van der Waals surface area contributed by atoms with Gasteiger partial charge in [0.05, 0.1) is 26.4 Å². The van der Waals surface area contributed by atoms with Crippen LogP contribution in [0.5, 0.6) is 0 Å². The van der Waals surface area contributed by atoms with Gasteiger partial charge in [-0.05, 0) is 0 Å². The van der Waals surface area contributed by atoms with Crippen LogP contribution in [-0.2, 0) is 133 Å². The van der Waals surface area contributed by atoms with Gasteiger partial charge in [-0.3, -0.25) is 0 Å². The van der Waals surface area contributed by atoms with E-state index in [-0.39, 0.29) is 39.5 Å². The molecular weight excluding hydrogens is 1100 g/mol. The first kappa shape index (κ1) is 68.3. The molecule has 0 radical (unpaired) electrons. The zero-order valence-electron chi connectivity index (χ0n) is 50.1. The van der Waals surface area contributed by atoms with Gasteiger partial charge in [0, 0.05) is 127 Å². The molecule has 22 aliphatic heterocycles. The molecule has 30 nitrogen and oxygen atoms in total. The minimum absolute atomic E-state index is 0.00940. The molecule has 0 aromatic rings. The maximum Gasteiger partial charge on any atom is 0.187 e. The monoisotopic (exact) mass is 1190 g/mol. The van der Waals surface area contributed by atoms with Crippen LogP contribution >= 0.6 is 0 Å². The molecule has 30 atom stereocenters. The molecule has 12 bridgehead atoms. The van der Waals surface area contributed by atoms with E-state index in [1.54, 1.807) is 0 Å². The molecular formula is C52H94N2O28. The van der Waals surface area contributed by atoms with Crippen LogP contribution in [0.3, 0.4) is 0 Å². The second-order valence-electron chi connectivity index (χ2n) is 20.6. The van der Waals surface area contributed by atoms with E-state index in [2.05, 4.69) is 0 Å². The second-order valence-corrected chi connectivity index (χ2v) is 20.6. The predicted molar refractivity (Wildman–Crippen MR) is 276 cm³/mol. The van der Waals surface area contributed by atoms with Crippen molar-refractivity contribution in [2.75, 3.05) is 153 Å². The van der Waals surface area contributed by atoms with Gasteiger partial charge in [0.1, 0.15) is 146 Å². The van der Waals surface area contributed by atoms with Crippen LogP contribution in [0.1, 0.15) is 0 Å². The van der Waals surface area contributed by atoms with E-state index in [4.69, 9.17) is 144 Å². The molecule has 0 saturated carbocycles. The molecule has 0 spiro atoms. The average molecular weight is 1200 g/mol. The van der Waals surface area contributed by atoms with Gasteiger partial charge < -0.3 is 144 Å². The van der Waals surface area contributed by atoms with Crippen molar-refractivity contribution in [1.29, 1.82) is 0 Å². The summed E-state index contributed by atoms with van der Waals surface area (Å²) in [5.41, 5.74) is 13.1. The van der Waals surface area contributed by atoms with E-state index >= 15 is 0 Å². The zero-order valence-corrected chi connectivity index (χ0v) is 50.1. The summed E-state index contributed by atoms with van der Waals surface area (Å²) < 4.78 is 180. The summed E-state index contributed by atoms with van der Waals surface area (Å²) in [6.07, 6.45) is -29.6. The summed E-state index contributed by atoms with van der Waals surface area (Å²) in [5.74, 6) is 0. The molecule has 22 aliphatic rings. The maximum atomic E-state index is 6.95. The smallest absolute Gasteiger partial charge is 0.187 e. The Hall–Kier alpha value is -1.20. The lowest BCUT2D eigenvalue weighted by Gasteiger charge is -2.53. The summed E-state index contributed by atoms with van der Waals surface area (Å²) in [5, 5.41) is 0. The molecule has 0 aliphatic carbocycles. The molecule has 82 heavy (non-hydrogen) atoms. The van der Waals surface area contributed by atoms with Crippen molar-refractivity contribution in [3.63, 3.8) is 0 Å². The normalized spacial score (nSPS) is 46.9. The minimum Gasteiger partial charge on any atom is -0.382 e. The number of methoxy groups -OCH3 is 16. The third-order valence-corrected chi connectivity index (χ3v) is 16.3. The van der Waals surface area contributed by atoms with Crippen LogP contribution < -0.4 is 11.5 Å². The van der Waals surface area contributed by atoms with E-state index in [1.165, 1.54) is 114 Å². The average Bonchev–Trinajstić information content (AvgIpc) is 3.57. The number of hydrogen-bond acceptors (Lipinski definition) is 30. The van der Waals surface area contributed by atoms with Crippen LogP contribution in [0, 0.1) is 0 Å². The Bertz CT molecular complexity index is 1680. The van der Waals surface area contributed by atoms with Gasteiger partial charge in [0.25, 0.3) is 0 Å². The highest BCUT2D eigenvalue weighted by atomic mass is 16.8. The van der Waals surface area contributed by atoms with Crippen LogP contribution in [0.2, 0.25) is 0 Å². The lowest BCUT2D eigenvalue weighted by molar-refractivity contribution is -0.408. The molecule has 22 saturated heterocycles. The van der Waals surface area contributed by atoms with Gasteiger partial charge in [0.15, 0.2) is 37.7 Å². The van der Waals surface area contributed by atoms with Gasteiger partial charge >= 0.3 is 0 Å². The van der Waals surface area contributed by atoms with Crippen LogP contribution in [-0.4, -0.2) is 338 Å². The molecule has 22 rings (SSSR count). The lowest BCUT2D eigenvalue weighted by Crippen LogP contribution is -2.70. The van der Waals surface area contributed by atoms with Gasteiger partial charge in [0.2, 0.25) is 0 Å². The molecule has 0 amide bonds. The molecule has 22 heterocycles. The van der Waals surface area contributed by atoms with Crippen molar-refractivity contribution in [3.8, 4) is 0 Å². The Kier molecular flexibility index (Phi) is 27.4. The number of rotatable bonds is 22. The van der Waals surface area contributed by atoms with Gasteiger partial charge in [-0.1, -0.05) is 0 Å². The third kappa shape index (κ3) is 14.3. The van der Waals surface area contributed by atoms with Gasteiger partial charge in [-0.25, -0.2) is 0 Å². The Morgan fingerprint density at radius 2 is 0.354 bits per heavy atom. The predicted octanol–water partition coefficient (Wildman–Crippen LogP) is -2.66. The fourth-order valence-electron chi connectivity index (χ4n) is 12.5. The van der Waals surface area contributed by atoms with E-state index in [9.17, 15) is 0 Å². The summed E-state index contributed by atoms with van der Waals surface area (Å²) in [4.78, 5) is 0. The van der Waals surface area contributed by atoms with Crippen molar-refractivity contribution >= 4 is 0 Å². The fraction of sp³-hybridized carbons (Fsp3) is 1.00. The highest BCUT2D eigenvalue weighted by Gasteiger charge is 2.61. The van der Waals surface area contributed by atoms with E-state index < -0.39 is 184 Å². The number of ether oxygens (including phenoxy) is 28. The molecule has 22 fully saturated rings. The standard InChI is InChI=1S/C52H94N2O28/c1-55-19-25-31-37(61-7)45(69-15)51(75-25)81-33-27(21-57-3)73-49(43(67-13)39(33)63-9)78-30-24(18-54)72-48(42(66-12)36(30)60-6)80-32-26(20-56-2)76-52(46(70-16)38(32)62-8)82-34-28(22-58-4)74-50(44(68-14)40(34)64-10)77-29-23(17-53)71-47(79-31)41(65-11)35(29)59-5/h23-52H,17-22,53-54H2,1-16H3/t23-,24-,25-,26-,27-,28-,29-,30-,31-,32-,33-,34-,35+,36+,37+,38+,39+,40+,41-,42-,43-,44-,45-,46-,47-,48-,49-,50-,51-,52-/m1/s1. The molecule has 4 N–H and O–H groups in total. The van der Waals surface area contributed by atoms with E-state index in [0.717, 1.165) is 0 Å². The highest BCUT2D eigenvalue weighted by molar-refractivity contribution is 5.03. The summed E-state index contributed by atoms with van der Waals surface area (Å²) in [6.45, 7) is -0.193. The Balaban J connectivity index is 1.34. The molecule has 480 valence electrons. The second kappa shape index (κ2) is 32.9. The molecule has 0 aromatic heterocycles. The third-order valence-electron chi connectivity index (χ3n) is 16.3. The van der Waals surface area contributed by atoms with E-state index in [0.29, 0.717) is 0 Å². The topological polar surface area (TPSA) is 310 Å². The van der Waals surface area contributed by atoms with Crippen molar-refractivity contribution < 1.29 is 133 Å². The van der Waals surface area contributed by atoms with E-state index in [1.807, 2.05) is 0 Å². The summed E-state index contributed by atoms with van der Waals surface area (Å²) in [7, 11) is 24.2. The largest absolute Gasteiger partial charge is 0.382 e. The van der Waals surface area contributed by atoms with Crippen molar-refractivity contribution in [3.05, 3.63) is 0 Å². The van der Waals surface area contributed by atoms with Gasteiger partial charge in [-0.15, -0.1) is 0 Å². The summed E-state index contributed by atoms with van der Waals surface area (Å²) in [6, 6.07) is 0. The van der Waals surface area contributed by atoms with Crippen molar-refractivity contribution in [2.24, 2.45) is 11.5 Å². The molecule has 30 heteroatoms. The Morgan fingerprint density at radius 1 is 0.207 bits per heavy atom. The van der Waals surface area contributed by atoms with Crippen LogP contribution in [0.25, 0.3) is 0 Å². The fourth-order valence-corrected chi connectivity index (χ4v) is 12.5. The number of hydrogen-bond donors (Lipinski definition) is 2. The quantitative estimate of drug-likeness (QED) is 0.112. The highest BCUT2D eigenvalue weighted by Crippen LogP contribution is 2.42. The maximum absolute atomic E-state index is 6.95. The first-order valence-electron chi connectivity index (χ1n) is 27.4. The Morgan fingerprint density at radius 3 is 0.488 bits per heavy atom. The van der Waals surface area contributed by atoms with Crippen LogP contribution in [0.15, 0.2) is 0 Å². The summed E-state index contributed by atoms with van der Waals surface area (Å²) >= 11 is 0. The lowest BCUT2D eigenvalue weighted by atomic mass is 9.94. The van der Waals surface area contributed by atoms with Crippen molar-refractivity contribution in [1.82, 2.24) is 0 Å². The zero-order chi connectivity index (χ0) is 59.4. The minimum atomic E-state index is -1.18. The SMILES string of the molecule is COC[C@H]1O[C@@H]2O[C@H]3[C@H](OC)[C@@H](OC)[C@@H](O[C@H]4[C@H](OC)[C@@H](OC)[C@@H](O[C@H]5[C@H](OC)[C@@H](OC)[C@@H](O[C@H]6[C@H](OC)[C@@H](OC)[C@@H](O[C@H]7[C@H](OC)[C@@H](OC)[C@@H](O[C@H]1[C@H](OC)[C@H]2OC)O[C@@H]7CN)O[C@@H]6COC)O[C@@H]5COC)O[C@@H]4CN)O[C@@H]3COC. The van der Waals surface area contributed by atoms with Crippen molar-refractivity contribution in [2.45, 2.75) is 184 Å². The number of nitrogens with two attached hydrogens (primary N) is 2. The first-order chi connectivity index (χ1) is 39.9.